The Balaban J connectivity index is 1.16. The zero-order valence-electron chi connectivity index (χ0n) is 23.3. The van der Waals surface area contributed by atoms with Crippen LogP contribution < -0.4 is 16.0 Å². The van der Waals surface area contributed by atoms with Crippen molar-refractivity contribution < 1.29 is 9.90 Å². The van der Waals surface area contributed by atoms with Crippen LogP contribution in [0.2, 0.25) is 0 Å². The summed E-state index contributed by atoms with van der Waals surface area (Å²) >= 11 is 1.43. The van der Waals surface area contributed by atoms with Gasteiger partial charge in [-0.25, -0.2) is 9.50 Å². The van der Waals surface area contributed by atoms with Crippen molar-refractivity contribution in [3.8, 4) is 0 Å². The number of benzene rings is 1. The molecule has 0 spiro atoms. The number of carbonyl (C=O) groups excluding carboxylic acids is 1. The average Bonchev–Trinajstić information content (AvgIpc) is 3.62. The number of hydrogen-bond acceptors (Lipinski definition) is 9. The van der Waals surface area contributed by atoms with E-state index in [1.165, 1.54) is 44.1 Å². The quantitative estimate of drug-likeness (QED) is 0.148. The lowest BCUT2D eigenvalue weighted by Gasteiger charge is -2.26. The molecular formula is C29H37N9O2S. The number of likely N-dealkylation sites (tertiary alicyclic amines) is 1. The monoisotopic (exact) mass is 575 g/mol. The summed E-state index contributed by atoms with van der Waals surface area (Å²) in [6, 6.07) is 11.5. The van der Waals surface area contributed by atoms with Gasteiger partial charge >= 0.3 is 0 Å². The number of aryl methyl sites for hydroxylation is 1. The molecule has 12 heteroatoms. The lowest BCUT2D eigenvalue weighted by Crippen LogP contribution is -2.31. The van der Waals surface area contributed by atoms with Crippen molar-refractivity contribution in [2.24, 2.45) is 5.92 Å². The number of aliphatic hydroxyl groups is 1. The van der Waals surface area contributed by atoms with E-state index in [0.717, 1.165) is 53.3 Å². The number of nitrogens with one attached hydrogen (secondary N) is 4. The minimum atomic E-state index is -0.650. The Hall–Kier alpha value is -3.61. The van der Waals surface area contributed by atoms with E-state index in [1.807, 2.05) is 49.5 Å². The van der Waals surface area contributed by atoms with Gasteiger partial charge in [0.05, 0.1) is 11.9 Å². The fraction of sp³-hybridized carbons (Fsp3) is 0.448. The Labute approximate surface area is 243 Å². The number of carbonyl (C=O) groups is 1. The molecule has 11 nitrogen and oxygen atoms in total. The van der Waals surface area contributed by atoms with E-state index >= 15 is 0 Å². The fourth-order valence-corrected chi connectivity index (χ4v) is 5.80. The van der Waals surface area contributed by atoms with Crippen molar-refractivity contribution in [1.82, 2.24) is 29.7 Å². The van der Waals surface area contributed by atoms with Crippen LogP contribution in [0.25, 0.3) is 5.52 Å². The van der Waals surface area contributed by atoms with E-state index in [2.05, 4.69) is 31.0 Å². The van der Waals surface area contributed by atoms with Crippen LogP contribution in [0.1, 0.15) is 50.6 Å². The highest BCUT2D eigenvalue weighted by Gasteiger charge is 2.29. The number of hydrogen-bond donors (Lipinski definition) is 5. The summed E-state index contributed by atoms with van der Waals surface area (Å²) < 4.78 is 1.77. The summed E-state index contributed by atoms with van der Waals surface area (Å²) in [5.41, 5.74) is 3.25. The summed E-state index contributed by atoms with van der Waals surface area (Å²) in [5.74, 6) is 1.51. The Morgan fingerprint density at radius 2 is 1.95 bits per heavy atom. The number of nitrogens with zero attached hydrogens (tertiary/aromatic N) is 5. The van der Waals surface area contributed by atoms with Crippen LogP contribution in [-0.4, -0.2) is 66.6 Å². The smallest absolute Gasteiger partial charge is 0.227 e. The molecule has 4 heterocycles. The van der Waals surface area contributed by atoms with Gasteiger partial charge in [0.2, 0.25) is 11.1 Å². The molecule has 5 N–H and O–H groups in total. The Morgan fingerprint density at radius 1 is 1.15 bits per heavy atom. The number of fused-ring (bicyclic) bond motifs is 1. The number of aromatic nitrogens is 5. The summed E-state index contributed by atoms with van der Waals surface area (Å²) in [6.45, 7) is 5.30. The predicted octanol–water partition coefficient (Wildman–Crippen LogP) is 5.00. The van der Waals surface area contributed by atoms with Gasteiger partial charge < -0.3 is 26.0 Å². The van der Waals surface area contributed by atoms with E-state index in [9.17, 15) is 9.90 Å². The third-order valence-corrected chi connectivity index (χ3v) is 8.27. The van der Waals surface area contributed by atoms with Gasteiger partial charge in [0.1, 0.15) is 11.7 Å². The molecule has 3 aromatic heterocycles. The standard InChI is InChI=1S/C29H37N9O2S/c1-19-16-25(35-34-19)32-27-24-17-22(30-26(39)6-5-15-37-13-3-2-4-14-37)18-38(24)36-29(33-27)41-23-11-9-21(10-12-23)31-28(40)20-7-8-20/h9-12,16-18,20,26,30,39H,2-8,13-15H2,1H3,(H,31,40)(H2,32,33,34,35,36). The third kappa shape index (κ3) is 7.38. The van der Waals surface area contributed by atoms with E-state index in [1.54, 1.807) is 4.52 Å². The topological polar surface area (TPSA) is 136 Å². The molecule has 216 valence electrons. The first-order chi connectivity index (χ1) is 20.0. The normalized spacial score (nSPS) is 16.5. The van der Waals surface area contributed by atoms with Gasteiger partial charge in [-0.1, -0.05) is 6.42 Å². The summed E-state index contributed by atoms with van der Waals surface area (Å²) in [4.78, 5) is 20.3. The van der Waals surface area contributed by atoms with Gasteiger partial charge in [-0.05, 0) is 107 Å². The van der Waals surface area contributed by atoms with Crippen molar-refractivity contribution in [3.05, 3.63) is 48.3 Å². The van der Waals surface area contributed by atoms with Crippen LogP contribution in [0.15, 0.2) is 52.6 Å². The number of aliphatic hydroxyl groups excluding tert-OH is 1. The molecule has 2 aliphatic rings. The molecule has 41 heavy (non-hydrogen) atoms. The summed E-state index contributed by atoms with van der Waals surface area (Å²) in [7, 11) is 0. The fourth-order valence-electron chi connectivity index (χ4n) is 5.05. The van der Waals surface area contributed by atoms with Crippen molar-refractivity contribution >= 4 is 46.2 Å². The second-order valence-electron chi connectivity index (χ2n) is 11.0. The number of aromatic amines is 1. The third-order valence-electron chi connectivity index (χ3n) is 7.41. The molecule has 4 aromatic rings. The van der Waals surface area contributed by atoms with Crippen molar-refractivity contribution in [3.63, 3.8) is 0 Å². The van der Waals surface area contributed by atoms with Crippen LogP contribution in [-0.2, 0) is 4.79 Å². The minimum absolute atomic E-state index is 0.0904. The van der Waals surface area contributed by atoms with Gasteiger partial charge in [-0.3, -0.25) is 9.89 Å². The SMILES string of the molecule is Cc1cc(Nc2nc(Sc3ccc(NC(=O)C4CC4)cc3)nn3cc(NC(O)CCCN4CCCCC4)cc23)n[nH]1. The van der Waals surface area contributed by atoms with Crippen LogP contribution in [0.3, 0.4) is 0 Å². The van der Waals surface area contributed by atoms with Gasteiger partial charge in [-0.15, -0.1) is 5.10 Å². The molecule has 1 saturated heterocycles. The predicted molar refractivity (Wildman–Crippen MR) is 161 cm³/mol. The van der Waals surface area contributed by atoms with Crippen molar-refractivity contribution in [2.45, 2.75) is 68.1 Å². The lowest BCUT2D eigenvalue weighted by atomic mass is 10.1. The second-order valence-corrected chi connectivity index (χ2v) is 12.0. The highest BCUT2D eigenvalue weighted by Crippen LogP contribution is 2.32. The van der Waals surface area contributed by atoms with E-state index in [-0.39, 0.29) is 11.8 Å². The maximum Gasteiger partial charge on any atom is 0.227 e. The lowest BCUT2D eigenvalue weighted by molar-refractivity contribution is -0.117. The first-order valence-electron chi connectivity index (χ1n) is 14.4. The molecule has 0 bridgehead atoms. The van der Waals surface area contributed by atoms with Gasteiger partial charge in [0, 0.05) is 28.3 Å². The van der Waals surface area contributed by atoms with E-state index in [4.69, 9.17) is 10.1 Å². The van der Waals surface area contributed by atoms with Crippen LogP contribution >= 0.6 is 11.8 Å². The molecular weight excluding hydrogens is 538 g/mol. The number of amides is 1. The molecule has 2 fully saturated rings. The molecule has 1 atom stereocenters. The van der Waals surface area contributed by atoms with Crippen molar-refractivity contribution in [1.29, 1.82) is 0 Å². The first kappa shape index (κ1) is 27.6. The molecule has 1 aliphatic carbocycles. The van der Waals surface area contributed by atoms with Crippen LogP contribution in [0.4, 0.5) is 23.0 Å². The molecule has 1 aromatic carbocycles. The van der Waals surface area contributed by atoms with Crippen molar-refractivity contribution in [2.75, 3.05) is 35.6 Å². The van der Waals surface area contributed by atoms with E-state index < -0.39 is 6.23 Å². The van der Waals surface area contributed by atoms with Gasteiger partial charge in [0.25, 0.3) is 0 Å². The molecule has 1 saturated carbocycles. The maximum absolute atomic E-state index is 12.1. The zero-order valence-corrected chi connectivity index (χ0v) is 24.1. The van der Waals surface area contributed by atoms with Crippen LogP contribution in [0, 0.1) is 12.8 Å². The van der Waals surface area contributed by atoms with Crippen LogP contribution in [0.5, 0.6) is 0 Å². The Kier molecular flexibility index (Phi) is 8.40. The number of anilines is 4. The number of rotatable bonds is 12. The van der Waals surface area contributed by atoms with Gasteiger partial charge in [-0.2, -0.15) is 5.10 Å². The maximum atomic E-state index is 12.1. The summed E-state index contributed by atoms with van der Waals surface area (Å²) in [5, 5.41) is 32.7. The van der Waals surface area contributed by atoms with E-state index in [0.29, 0.717) is 23.2 Å². The van der Waals surface area contributed by atoms with Gasteiger partial charge in [0.15, 0.2) is 11.6 Å². The number of H-pyrrole nitrogens is 1. The zero-order chi connectivity index (χ0) is 28.2. The Morgan fingerprint density at radius 3 is 2.68 bits per heavy atom. The molecule has 1 unspecified atom stereocenters. The largest absolute Gasteiger partial charge is 0.374 e. The molecule has 1 aliphatic heterocycles. The minimum Gasteiger partial charge on any atom is -0.374 e. The highest BCUT2D eigenvalue weighted by atomic mass is 32.2. The molecule has 0 radical (unpaired) electrons. The Bertz CT molecular complexity index is 1480. The second kappa shape index (κ2) is 12.5. The molecule has 1 amide bonds. The molecule has 6 rings (SSSR count). The first-order valence-corrected chi connectivity index (χ1v) is 15.3. The average molecular weight is 576 g/mol. The summed E-state index contributed by atoms with van der Waals surface area (Å²) in [6.07, 6.45) is 8.66. The number of piperidine rings is 1. The highest BCUT2D eigenvalue weighted by molar-refractivity contribution is 7.99.